The molecular formula is C13H23N3O2. The first-order valence-corrected chi connectivity index (χ1v) is 6.46. The van der Waals surface area contributed by atoms with Crippen molar-refractivity contribution in [2.75, 3.05) is 13.2 Å². The number of carbonyl (C=O) groups is 1. The Balaban J connectivity index is 2.70. The highest BCUT2D eigenvalue weighted by molar-refractivity contribution is 5.80. The summed E-state index contributed by atoms with van der Waals surface area (Å²) >= 11 is 0. The monoisotopic (exact) mass is 253 g/mol. The maximum absolute atomic E-state index is 12.2. The van der Waals surface area contributed by atoms with E-state index in [4.69, 9.17) is 4.74 Å². The van der Waals surface area contributed by atoms with Crippen LogP contribution >= 0.6 is 0 Å². The highest BCUT2D eigenvalue weighted by Crippen LogP contribution is 2.07. The standard InChI is InChI=1S/C13H23N3O2/c1-5-8-16(13(17)11(3)18-6-2)10-12-14-7-9-15(12)4/h7,9,11H,5-6,8,10H2,1-4H3/t11-/m0/s1. The molecule has 102 valence electrons. The van der Waals surface area contributed by atoms with Crippen LogP contribution < -0.4 is 0 Å². The normalized spacial score (nSPS) is 12.4. The van der Waals surface area contributed by atoms with E-state index in [9.17, 15) is 4.79 Å². The molecule has 18 heavy (non-hydrogen) atoms. The number of hydrogen-bond donors (Lipinski definition) is 0. The zero-order chi connectivity index (χ0) is 13.5. The lowest BCUT2D eigenvalue weighted by Crippen LogP contribution is -2.39. The number of carbonyl (C=O) groups excluding carboxylic acids is 1. The molecule has 0 aromatic carbocycles. The highest BCUT2D eigenvalue weighted by atomic mass is 16.5. The summed E-state index contributed by atoms with van der Waals surface area (Å²) in [7, 11) is 1.93. The fourth-order valence-corrected chi connectivity index (χ4v) is 1.84. The van der Waals surface area contributed by atoms with E-state index >= 15 is 0 Å². The quantitative estimate of drug-likeness (QED) is 0.741. The second-order valence-electron chi connectivity index (χ2n) is 4.31. The Hall–Kier alpha value is -1.36. The molecule has 1 aromatic rings. The van der Waals surface area contributed by atoms with Crippen molar-refractivity contribution in [3.8, 4) is 0 Å². The Kier molecular flexibility index (Phi) is 5.85. The molecule has 5 heteroatoms. The fourth-order valence-electron chi connectivity index (χ4n) is 1.84. The Morgan fingerprint density at radius 1 is 1.56 bits per heavy atom. The first kappa shape index (κ1) is 14.7. The number of nitrogens with zero attached hydrogens (tertiary/aromatic N) is 3. The van der Waals surface area contributed by atoms with Gasteiger partial charge in [0.05, 0.1) is 6.54 Å². The molecule has 1 amide bonds. The van der Waals surface area contributed by atoms with Crippen molar-refractivity contribution in [2.45, 2.75) is 39.8 Å². The zero-order valence-electron chi connectivity index (χ0n) is 11.7. The van der Waals surface area contributed by atoms with Crippen LogP contribution in [-0.2, 0) is 23.1 Å². The van der Waals surface area contributed by atoms with Gasteiger partial charge < -0.3 is 14.2 Å². The molecule has 0 fully saturated rings. The average molecular weight is 253 g/mol. The predicted molar refractivity (Wildman–Crippen MR) is 70.0 cm³/mol. The summed E-state index contributed by atoms with van der Waals surface area (Å²) in [5.74, 6) is 0.919. The van der Waals surface area contributed by atoms with Gasteiger partial charge in [-0.25, -0.2) is 4.98 Å². The SMILES string of the molecule is CCCN(Cc1nccn1C)C(=O)[C@H](C)OCC. The molecule has 0 saturated heterocycles. The highest BCUT2D eigenvalue weighted by Gasteiger charge is 2.21. The molecule has 1 rings (SSSR count). The summed E-state index contributed by atoms with van der Waals surface area (Å²) in [4.78, 5) is 18.3. The second kappa shape index (κ2) is 7.16. The largest absolute Gasteiger partial charge is 0.369 e. The van der Waals surface area contributed by atoms with Crippen LogP contribution in [-0.4, -0.2) is 39.6 Å². The van der Waals surface area contributed by atoms with E-state index in [2.05, 4.69) is 11.9 Å². The minimum atomic E-state index is -0.387. The molecule has 0 aliphatic carbocycles. The van der Waals surface area contributed by atoms with Crippen molar-refractivity contribution >= 4 is 5.91 Å². The average Bonchev–Trinajstić information content (AvgIpc) is 2.74. The first-order chi connectivity index (χ1) is 8.60. The van der Waals surface area contributed by atoms with E-state index in [1.165, 1.54) is 0 Å². The molecule has 0 radical (unpaired) electrons. The summed E-state index contributed by atoms with van der Waals surface area (Å²) in [5, 5.41) is 0. The van der Waals surface area contributed by atoms with Crippen molar-refractivity contribution < 1.29 is 9.53 Å². The van der Waals surface area contributed by atoms with Gasteiger partial charge in [0.1, 0.15) is 11.9 Å². The lowest BCUT2D eigenvalue weighted by molar-refractivity contribution is -0.143. The van der Waals surface area contributed by atoms with Crippen molar-refractivity contribution in [1.82, 2.24) is 14.5 Å². The van der Waals surface area contributed by atoms with Gasteiger partial charge in [0.2, 0.25) is 0 Å². The van der Waals surface area contributed by atoms with Gasteiger partial charge in [0.25, 0.3) is 5.91 Å². The molecule has 0 spiro atoms. The molecule has 0 bridgehead atoms. The Bertz CT molecular complexity index is 376. The van der Waals surface area contributed by atoms with E-state index in [-0.39, 0.29) is 12.0 Å². The van der Waals surface area contributed by atoms with Crippen LogP contribution in [0.4, 0.5) is 0 Å². The van der Waals surface area contributed by atoms with E-state index in [0.29, 0.717) is 13.2 Å². The van der Waals surface area contributed by atoms with E-state index < -0.39 is 0 Å². The summed E-state index contributed by atoms with van der Waals surface area (Å²) in [6.45, 7) is 7.57. The van der Waals surface area contributed by atoms with Gasteiger partial charge in [-0.2, -0.15) is 0 Å². The molecule has 0 unspecified atom stereocenters. The van der Waals surface area contributed by atoms with Crippen LogP contribution in [0.3, 0.4) is 0 Å². The third-order valence-electron chi connectivity index (χ3n) is 2.82. The van der Waals surface area contributed by atoms with Gasteiger partial charge in [-0.15, -0.1) is 0 Å². The Morgan fingerprint density at radius 3 is 2.78 bits per heavy atom. The minimum absolute atomic E-state index is 0.0294. The molecule has 0 saturated carbocycles. The van der Waals surface area contributed by atoms with E-state index in [1.807, 2.05) is 29.6 Å². The van der Waals surface area contributed by atoms with Crippen molar-refractivity contribution in [1.29, 1.82) is 0 Å². The first-order valence-electron chi connectivity index (χ1n) is 6.46. The lowest BCUT2D eigenvalue weighted by Gasteiger charge is -2.25. The van der Waals surface area contributed by atoms with Crippen LogP contribution in [0, 0.1) is 0 Å². The summed E-state index contributed by atoms with van der Waals surface area (Å²) in [5.41, 5.74) is 0. The molecule has 0 N–H and O–H groups in total. The number of aromatic nitrogens is 2. The lowest BCUT2D eigenvalue weighted by atomic mass is 10.3. The topological polar surface area (TPSA) is 47.4 Å². The molecule has 1 atom stereocenters. The molecule has 1 aromatic heterocycles. The number of hydrogen-bond acceptors (Lipinski definition) is 3. The smallest absolute Gasteiger partial charge is 0.251 e. The van der Waals surface area contributed by atoms with Gasteiger partial charge >= 0.3 is 0 Å². The van der Waals surface area contributed by atoms with Gasteiger partial charge in [-0.1, -0.05) is 6.92 Å². The van der Waals surface area contributed by atoms with Gasteiger partial charge in [-0.3, -0.25) is 4.79 Å². The number of amides is 1. The summed E-state index contributed by atoms with van der Waals surface area (Å²) < 4.78 is 7.29. The molecule has 0 aliphatic heterocycles. The van der Waals surface area contributed by atoms with Crippen LogP contribution in [0.15, 0.2) is 12.4 Å². The van der Waals surface area contributed by atoms with E-state index in [0.717, 1.165) is 18.8 Å². The maximum atomic E-state index is 12.2. The van der Waals surface area contributed by atoms with Gasteiger partial charge in [0.15, 0.2) is 0 Å². The van der Waals surface area contributed by atoms with Crippen molar-refractivity contribution in [3.05, 3.63) is 18.2 Å². The zero-order valence-corrected chi connectivity index (χ0v) is 11.7. The minimum Gasteiger partial charge on any atom is -0.369 e. The van der Waals surface area contributed by atoms with Crippen LogP contribution in [0.2, 0.25) is 0 Å². The third-order valence-corrected chi connectivity index (χ3v) is 2.82. The number of aryl methyl sites for hydroxylation is 1. The van der Waals surface area contributed by atoms with Crippen molar-refractivity contribution in [3.63, 3.8) is 0 Å². The predicted octanol–water partition coefficient (Wildman–Crippen LogP) is 1.58. The fraction of sp³-hybridized carbons (Fsp3) is 0.692. The van der Waals surface area contributed by atoms with Gasteiger partial charge in [0, 0.05) is 32.6 Å². The molecule has 1 heterocycles. The molecule has 5 nitrogen and oxygen atoms in total. The Morgan fingerprint density at radius 2 is 2.28 bits per heavy atom. The Labute approximate surface area is 109 Å². The second-order valence-corrected chi connectivity index (χ2v) is 4.31. The van der Waals surface area contributed by atoms with Crippen molar-refractivity contribution in [2.24, 2.45) is 7.05 Å². The summed E-state index contributed by atoms with van der Waals surface area (Å²) in [6.07, 6.45) is 4.17. The maximum Gasteiger partial charge on any atom is 0.251 e. The number of imidazole rings is 1. The molecule has 0 aliphatic rings. The van der Waals surface area contributed by atoms with Gasteiger partial charge in [-0.05, 0) is 20.3 Å². The third kappa shape index (κ3) is 3.84. The van der Waals surface area contributed by atoms with E-state index in [1.54, 1.807) is 13.1 Å². The number of rotatable bonds is 7. The number of ether oxygens (including phenoxy) is 1. The van der Waals surface area contributed by atoms with Crippen LogP contribution in [0.1, 0.15) is 33.0 Å². The summed E-state index contributed by atoms with van der Waals surface area (Å²) in [6, 6.07) is 0. The molecular weight excluding hydrogens is 230 g/mol. The van der Waals surface area contributed by atoms with Crippen LogP contribution in [0.25, 0.3) is 0 Å². The van der Waals surface area contributed by atoms with Crippen LogP contribution in [0.5, 0.6) is 0 Å².